The lowest BCUT2D eigenvalue weighted by Crippen LogP contribution is -2.22. The maximum atomic E-state index is 13.8. The summed E-state index contributed by atoms with van der Waals surface area (Å²) in [5.74, 6) is -0.482. The van der Waals surface area contributed by atoms with E-state index in [1.165, 1.54) is 12.1 Å². The van der Waals surface area contributed by atoms with Crippen LogP contribution < -0.4 is 10.5 Å². The molecule has 180 valence electrons. The molecule has 1 aliphatic rings. The molecule has 37 heavy (non-hydrogen) atoms. The molecule has 0 saturated carbocycles. The number of halogens is 1. The van der Waals surface area contributed by atoms with Crippen molar-refractivity contribution >= 4 is 0 Å². The first-order valence-electron chi connectivity index (χ1n) is 11.7. The maximum Gasteiger partial charge on any atom is 0.229 e. The Labute approximate surface area is 212 Å². The first-order valence-corrected chi connectivity index (χ1v) is 11.7. The van der Waals surface area contributed by atoms with E-state index in [1.807, 2.05) is 73.8 Å². The standard InChI is InChI=1S/C29H21FN6O/c1-18-25-26(23(16-31)28(32)37-29(25)36(33-18)22-10-6-3-7-11-22)24-17-35(21-8-4-2-5-9-21)34-27(24)19-12-14-20(30)15-13-19/h2-15,17,26H,32H2,1H3/t26-/m0/s1. The third kappa shape index (κ3) is 3.74. The molecule has 0 saturated heterocycles. The minimum atomic E-state index is -0.594. The number of nitrogens with two attached hydrogens (primary N) is 1. The van der Waals surface area contributed by atoms with Crippen LogP contribution in [0.1, 0.15) is 22.7 Å². The van der Waals surface area contributed by atoms with Gasteiger partial charge in [0, 0.05) is 17.3 Å². The van der Waals surface area contributed by atoms with Crippen molar-refractivity contribution in [3.8, 4) is 34.6 Å². The number of para-hydroxylation sites is 2. The fourth-order valence-electron chi connectivity index (χ4n) is 4.71. The summed E-state index contributed by atoms with van der Waals surface area (Å²) < 4.78 is 23.2. The average molecular weight is 489 g/mol. The minimum Gasteiger partial charge on any atom is -0.422 e. The number of hydrogen-bond donors (Lipinski definition) is 1. The average Bonchev–Trinajstić information content (AvgIpc) is 3.51. The molecule has 0 fully saturated rings. The van der Waals surface area contributed by atoms with E-state index in [0.29, 0.717) is 22.8 Å². The van der Waals surface area contributed by atoms with Gasteiger partial charge in [0.05, 0.1) is 34.2 Å². The van der Waals surface area contributed by atoms with Gasteiger partial charge in [-0.15, -0.1) is 0 Å². The predicted octanol–water partition coefficient (Wildman–Crippen LogP) is 5.39. The quantitative estimate of drug-likeness (QED) is 0.366. The van der Waals surface area contributed by atoms with E-state index in [1.54, 1.807) is 21.5 Å². The number of rotatable bonds is 4. The van der Waals surface area contributed by atoms with Crippen LogP contribution in [-0.4, -0.2) is 19.6 Å². The lowest BCUT2D eigenvalue weighted by molar-refractivity contribution is 0.367. The SMILES string of the molecule is Cc1nn(-c2ccccc2)c2c1[C@H](c1cn(-c3ccccc3)nc1-c1ccc(F)cc1)C(C#N)=C(N)O2. The van der Waals surface area contributed by atoms with E-state index in [-0.39, 0.29) is 17.3 Å². The third-order valence-electron chi connectivity index (χ3n) is 6.43. The molecule has 0 aliphatic carbocycles. The van der Waals surface area contributed by atoms with Crippen LogP contribution in [0.4, 0.5) is 4.39 Å². The van der Waals surface area contributed by atoms with Crippen LogP contribution in [0, 0.1) is 24.1 Å². The Morgan fingerprint density at radius 2 is 1.57 bits per heavy atom. The highest BCUT2D eigenvalue weighted by atomic mass is 19.1. The van der Waals surface area contributed by atoms with Gasteiger partial charge in [0.1, 0.15) is 17.5 Å². The molecule has 2 aromatic heterocycles. The van der Waals surface area contributed by atoms with Crippen LogP contribution in [0.5, 0.6) is 5.88 Å². The largest absolute Gasteiger partial charge is 0.422 e. The van der Waals surface area contributed by atoms with Crippen molar-refractivity contribution in [1.29, 1.82) is 5.26 Å². The van der Waals surface area contributed by atoms with Gasteiger partial charge in [-0.2, -0.15) is 15.5 Å². The van der Waals surface area contributed by atoms with E-state index in [0.717, 1.165) is 22.5 Å². The fourth-order valence-corrected chi connectivity index (χ4v) is 4.71. The minimum absolute atomic E-state index is 0.00889. The molecule has 0 bridgehead atoms. The van der Waals surface area contributed by atoms with Crippen molar-refractivity contribution in [3.63, 3.8) is 0 Å². The zero-order valence-corrected chi connectivity index (χ0v) is 19.8. The Morgan fingerprint density at radius 3 is 2.22 bits per heavy atom. The number of aromatic nitrogens is 4. The molecule has 6 rings (SSSR count). The van der Waals surface area contributed by atoms with E-state index in [2.05, 4.69) is 6.07 Å². The monoisotopic (exact) mass is 488 g/mol. The Kier molecular flexibility index (Phi) is 5.31. The number of hydrogen-bond acceptors (Lipinski definition) is 5. The number of aryl methyl sites for hydroxylation is 1. The van der Waals surface area contributed by atoms with Crippen molar-refractivity contribution in [2.24, 2.45) is 5.73 Å². The Balaban J connectivity index is 1.62. The number of fused-ring (bicyclic) bond motifs is 1. The molecule has 0 unspecified atom stereocenters. The molecule has 1 atom stereocenters. The van der Waals surface area contributed by atoms with E-state index in [4.69, 9.17) is 20.7 Å². The Morgan fingerprint density at radius 1 is 0.919 bits per heavy atom. The molecular formula is C29H21FN6O. The summed E-state index contributed by atoms with van der Waals surface area (Å²) in [6.07, 6.45) is 1.89. The molecule has 0 radical (unpaired) electrons. The molecule has 1 aliphatic heterocycles. The van der Waals surface area contributed by atoms with Gasteiger partial charge in [0.25, 0.3) is 0 Å². The highest BCUT2D eigenvalue weighted by Gasteiger charge is 2.38. The highest BCUT2D eigenvalue weighted by molar-refractivity contribution is 5.69. The molecule has 2 N–H and O–H groups in total. The predicted molar refractivity (Wildman–Crippen MR) is 137 cm³/mol. The molecular weight excluding hydrogens is 467 g/mol. The number of nitrogens with zero attached hydrogens (tertiary/aromatic N) is 5. The van der Waals surface area contributed by atoms with Gasteiger partial charge in [0.2, 0.25) is 11.8 Å². The van der Waals surface area contributed by atoms with Crippen LogP contribution in [0.2, 0.25) is 0 Å². The summed E-state index contributed by atoms with van der Waals surface area (Å²) in [6.45, 7) is 1.88. The van der Waals surface area contributed by atoms with Crippen molar-refractivity contribution in [2.75, 3.05) is 0 Å². The zero-order valence-electron chi connectivity index (χ0n) is 19.8. The summed E-state index contributed by atoms with van der Waals surface area (Å²) in [7, 11) is 0. The van der Waals surface area contributed by atoms with E-state index in [9.17, 15) is 9.65 Å². The Hall–Kier alpha value is -5.16. The van der Waals surface area contributed by atoms with Gasteiger partial charge in [0.15, 0.2) is 0 Å². The number of ether oxygens (including phenoxy) is 1. The number of allylic oxidation sites excluding steroid dienone is 1. The van der Waals surface area contributed by atoms with Gasteiger partial charge in [-0.1, -0.05) is 36.4 Å². The second-order valence-electron chi connectivity index (χ2n) is 8.70. The van der Waals surface area contributed by atoms with Gasteiger partial charge in [-0.3, -0.25) is 0 Å². The zero-order chi connectivity index (χ0) is 25.5. The summed E-state index contributed by atoms with van der Waals surface area (Å²) >= 11 is 0. The molecule has 7 nitrogen and oxygen atoms in total. The second-order valence-corrected chi connectivity index (χ2v) is 8.70. The van der Waals surface area contributed by atoms with Gasteiger partial charge in [-0.05, 0) is 55.5 Å². The normalized spacial score (nSPS) is 14.7. The molecule has 0 spiro atoms. The van der Waals surface area contributed by atoms with Crippen LogP contribution in [-0.2, 0) is 0 Å². The van der Waals surface area contributed by atoms with Gasteiger partial charge < -0.3 is 10.5 Å². The lowest BCUT2D eigenvalue weighted by atomic mass is 9.83. The topological polar surface area (TPSA) is 94.7 Å². The molecule has 3 heterocycles. The summed E-state index contributed by atoms with van der Waals surface area (Å²) in [6, 6.07) is 27.6. The fraction of sp³-hybridized carbons (Fsp3) is 0.0690. The molecule has 0 amide bonds. The summed E-state index contributed by atoms with van der Waals surface area (Å²) in [4.78, 5) is 0. The van der Waals surface area contributed by atoms with Crippen LogP contribution in [0.25, 0.3) is 22.6 Å². The highest BCUT2D eigenvalue weighted by Crippen LogP contribution is 2.47. The smallest absolute Gasteiger partial charge is 0.229 e. The lowest BCUT2D eigenvalue weighted by Gasteiger charge is -2.24. The molecule has 5 aromatic rings. The number of benzene rings is 3. The second kappa shape index (κ2) is 8.81. The van der Waals surface area contributed by atoms with Crippen molar-refractivity contribution < 1.29 is 9.13 Å². The summed E-state index contributed by atoms with van der Waals surface area (Å²) in [5.41, 5.74) is 11.7. The number of nitriles is 1. The molecule has 8 heteroatoms. The molecule has 3 aromatic carbocycles. The van der Waals surface area contributed by atoms with Crippen LogP contribution >= 0.6 is 0 Å². The van der Waals surface area contributed by atoms with E-state index >= 15 is 0 Å². The van der Waals surface area contributed by atoms with Crippen molar-refractivity contribution in [3.05, 3.63) is 125 Å². The van der Waals surface area contributed by atoms with Crippen LogP contribution in [0.15, 0.2) is 103 Å². The Bertz CT molecular complexity index is 1680. The maximum absolute atomic E-state index is 13.8. The van der Waals surface area contributed by atoms with Crippen LogP contribution in [0.3, 0.4) is 0 Å². The van der Waals surface area contributed by atoms with Gasteiger partial charge in [-0.25, -0.2) is 13.8 Å². The first-order chi connectivity index (χ1) is 18.0. The van der Waals surface area contributed by atoms with Gasteiger partial charge >= 0.3 is 0 Å². The van der Waals surface area contributed by atoms with Crippen molar-refractivity contribution in [2.45, 2.75) is 12.8 Å². The third-order valence-corrected chi connectivity index (χ3v) is 6.43. The first kappa shape index (κ1) is 22.3. The summed E-state index contributed by atoms with van der Waals surface area (Å²) in [5, 5.41) is 19.8. The van der Waals surface area contributed by atoms with Crippen molar-refractivity contribution in [1.82, 2.24) is 19.6 Å². The van der Waals surface area contributed by atoms with E-state index < -0.39 is 5.92 Å².